The molecule has 0 aromatic heterocycles. The van der Waals surface area contributed by atoms with Gasteiger partial charge in [0.25, 0.3) is 11.8 Å². The lowest BCUT2D eigenvalue weighted by atomic mass is 10.0. The molecule has 1 aromatic rings. The third-order valence-electron chi connectivity index (χ3n) is 4.80. The molecular formula is C19H23N3O4. The first-order valence-corrected chi connectivity index (χ1v) is 9.12. The monoisotopic (exact) mass is 357 g/mol. The highest BCUT2D eigenvalue weighted by Crippen LogP contribution is 2.29. The van der Waals surface area contributed by atoms with Crippen LogP contribution < -0.4 is 10.6 Å². The number of carbonyl (C=O) groups excluding carboxylic acids is 4. The average molecular weight is 357 g/mol. The quantitative estimate of drug-likeness (QED) is 0.575. The fourth-order valence-corrected chi connectivity index (χ4v) is 3.37. The van der Waals surface area contributed by atoms with Crippen LogP contribution in [0, 0.1) is 0 Å². The van der Waals surface area contributed by atoms with Crippen LogP contribution in [0.4, 0.5) is 5.69 Å². The fraction of sp³-hybridized carbons (Fsp3) is 0.474. The molecule has 138 valence electrons. The molecule has 7 heteroatoms. The van der Waals surface area contributed by atoms with Crippen molar-refractivity contribution >= 4 is 29.3 Å². The first-order chi connectivity index (χ1) is 12.5. The SMILES string of the molecule is CCCCCCNc1ccc2c(c1)C(=O)N(C1CCC(=O)NC1=O)C2=O. The van der Waals surface area contributed by atoms with Gasteiger partial charge in [0.2, 0.25) is 11.8 Å². The van der Waals surface area contributed by atoms with Crippen LogP contribution in [0.3, 0.4) is 0 Å². The second-order valence-electron chi connectivity index (χ2n) is 6.70. The Morgan fingerprint density at radius 1 is 1.08 bits per heavy atom. The highest BCUT2D eigenvalue weighted by Gasteiger charge is 2.44. The van der Waals surface area contributed by atoms with E-state index in [4.69, 9.17) is 0 Å². The lowest BCUT2D eigenvalue weighted by molar-refractivity contribution is -0.136. The first kappa shape index (κ1) is 18.1. The van der Waals surface area contributed by atoms with E-state index in [2.05, 4.69) is 17.6 Å². The molecule has 0 aliphatic carbocycles. The average Bonchev–Trinajstić information content (AvgIpc) is 2.86. The molecule has 1 unspecified atom stereocenters. The molecule has 1 atom stereocenters. The number of amides is 4. The van der Waals surface area contributed by atoms with Gasteiger partial charge < -0.3 is 5.32 Å². The highest BCUT2D eigenvalue weighted by molar-refractivity contribution is 6.23. The second kappa shape index (κ2) is 7.68. The molecule has 2 aliphatic rings. The third kappa shape index (κ3) is 3.47. The summed E-state index contributed by atoms with van der Waals surface area (Å²) in [5.74, 6) is -1.93. The molecule has 1 saturated heterocycles. The van der Waals surface area contributed by atoms with E-state index in [9.17, 15) is 19.2 Å². The third-order valence-corrected chi connectivity index (χ3v) is 4.80. The van der Waals surface area contributed by atoms with E-state index in [0.717, 1.165) is 30.0 Å². The number of anilines is 1. The maximum atomic E-state index is 12.7. The van der Waals surface area contributed by atoms with E-state index in [0.29, 0.717) is 11.1 Å². The number of nitrogens with one attached hydrogen (secondary N) is 2. The molecule has 26 heavy (non-hydrogen) atoms. The highest BCUT2D eigenvalue weighted by atomic mass is 16.2. The van der Waals surface area contributed by atoms with Gasteiger partial charge in [0.05, 0.1) is 11.1 Å². The summed E-state index contributed by atoms with van der Waals surface area (Å²) in [5, 5.41) is 5.47. The molecule has 1 aromatic carbocycles. The molecule has 4 amide bonds. The normalized spacial score (nSPS) is 19.6. The lowest BCUT2D eigenvalue weighted by Gasteiger charge is -2.27. The smallest absolute Gasteiger partial charge is 0.262 e. The molecule has 0 bridgehead atoms. The Bertz CT molecular complexity index is 759. The van der Waals surface area contributed by atoms with Crippen LogP contribution in [0.2, 0.25) is 0 Å². The van der Waals surface area contributed by atoms with Crippen molar-refractivity contribution < 1.29 is 19.2 Å². The molecule has 0 spiro atoms. The summed E-state index contributed by atoms with van der Waals surface area (Å²) in [7, 11) is 0. The summed E-state index contributed by atoms with van der Waals surface area (Å²) >= 11 is 0. The Balaban J connectivity index is 1.71. The standard InChI is InChI=1S/C19H23N3O4/c1-2-3-4-5-10-20-12-6-7-13-14(11-12)19(26)22(18(13)25)15-8-9-16(23)21-17(15)24/h6-7,11,15,20H,2-5,8-10H2,1H3,(H,21,23,24). The zero-order valence-corrected chi connectivity index (χ0v) is 14.8. The van der Waals surface area contributed by atoms with Crippen LogP contribution >= 0.6 is 0 Å². The van der Waals surface area contributed by atoms with E-state index in [1.807, 2.05) is 0 Å². The van der Waals surface area contributed by atoms with Crippen LogP contribution in [0.1, 0.15) is 66.2 Å². The van der Waals surface area contributed by atoms with E-state index in [-0.39, 0.29) is 18.7 Å². The minimum Gasteiger partial charge on any atom is -0.385 e. The van der Waals surface area contributed by atoms with Gasteiger partial charge in [-0.25, -0.2) is 0 Å². The predicted molar refractivity (Wildman–Crippen MR) is 95.7 cm³/mol. The van der Waals surface area contributed by atoms with Gasteiger partial charge in [0.1, 0.15) is 6.04 Å². The number of piperidine rings is 1. The van der Waals surface area contributed by atoms with Crippen molar-refractivity contribution in [2.45, 2.75) is 51.5 Å². The van der Waals surface area contributed by atoms with Crippen LogP contribution in [-0.4, -0.2) is 41.1 Å². The fourth-order valence-electron chi connectivity index (χ4n) is 3.37. The van der Waals surface area contributed by atoms with Crippen LogP contribution in [0.25, 0.3) is 0 Å². The summed E-state index contributed by atoms with van der Waals surface area (Å²) in [6.07, 6.45) is 4.84. The van der Waals surface area contributed by atoms with Crippen molar-refractivity contribution in [1.29, 1.82) is 0 Å². The zero-order chi connectivity index (χ0) is 18.7. The molecular weight excluding hydrogens is 334 g/mol. The maximum absolute atomic E-state index is 12.7. The van der Waals surface area contributed by atoms with E-state index in [1.165, 1.54) is 12.8 Å². The van der Waals surface area contributed by atoms with Crippen LogP contribution in [0.5, 0.6) is 0 Å². The Morgan fingerprint density at radius 2 is 1.85 bits per heavy atom. The van der Waals surface area contributed by atoms with Gasteiger partial charge in [0.15, 0.2) is 0 Å². The minimum atomic E-state index is -0.925. The second-order valence-corrected chi connectivity index (χ2v) is 6.70. The molecule has 2 heterocycles. The number of hydrogen-bond acceptors (Lipinski definition) is 5. The zero-order valence-electron chi connectivity index (χ0n) is 14.8. The first-order valence-electron chi connectivity index (χ1n) is 9.12. The number of unbranched alkanes of at least 4 members (excludes halogenated alkanes) is 3. The van der Waals surface area contributed by atoms with E-state index in [1.54, 1.807) is 18.2 Å². The van der Waals surface area contributed by atoms with Crippen LogP contribution in [-0.2, 0) is 9.59 Å². The largest absolute Gasteiger partial charge is 0.385 e. The summed E-state index contributed by atoms with van der Waals surface area (Å²) in [6, 6.07) is 4.14. The summed E-state index contributed by atoms with van der Waals surface area (Å²) in [4.78, 5) is 49.6. The molecule has 7 nitrogen and oxygen atoms in total. The molecule has 2 N–H and O–H groups in total. The van der Waals surface area contributed by atoms with Gasteiger partial charge in [-0.05, 0) is 31.0 Å². The Hall–Kier alpha value is -2.70. The summed E-state index contributed by atoms with van der Waals surface area (Å²) < 4.78 is 0. The number of fused-ring (bicyclic) bond motifs is 1. The molecule has 0 radical (unpaired) electrons. The Morgan fingerprint density at radius 3 is 2.58 bits per heavy atom. The van der Waals surface area contributed by atoms with Gasteiger partial charge >= 0.3 is 0 Å². The maximum Gasteiger partial charge on any atom is 0.262 e. The molecule has 2 aliphatic heterocycles. The Kier molecular flexibility index (Phi) is 5.35. The number of hydrogen-bond donors (Lipinski definition) is 2. The van der Waals surface area contributed by atoms with E-state index >= 15 is 0 Å². The van der Waals surface area contributed by atoms with Crippen molar-refractivity contribution in [2.24, 2.45) is 0 Å². The number of rotatable bonds is 7. The van der Waals surface area contributed by atoms with Gasteiger partial charge in [0, 0.05) is 18.7 Å². The summed E-state index contributed by atoms with van der Waals surface area (Å²) in [5.41, 5.74) is 1.39. The number of imide groups is 2. The van der Waals surface area contributed by atoms with Crippen molar-refractivity contribution in [1.82, 2.24) is 10.2 Å². The topological polar surface area (TPSA) is 95.6 Å². The van der Waals surface area contributed by atoms with Gasteiger partial charge in [-0.2, -0.15) is 0 Å². The van der Waals surface area contributed by atoms with Gasteiger partial charge in [-0.1, -0.05) is 26.2 Å². The van der Waals surface area contributed by atoms with Crippen molar-refractivity contribution in [2.75, 3.05) is 11.9 Å². The van der Waals surface area contributed by atoms with Crippen LogP contribution in [0.15, 0.2) is 18.2 Å². The van der Waals surface area contributed by atoms with Crippen molar-refractivity contribution in [3.8, 4) is 0 Å². The molecule has 1 fully saturated rings. The van der Waals surface area contributed by atoms with Gasteiger partial charge in [-0.3, -0.25) is 29.4 Å². The number of nitrogens with zero attached hydrogens (tertiary/aromatic N) is 1. The lowest BCUT2D eigenvalue weighted by Crippen LogP contribution is -2.54. The Labute approximate surface area is 152 Å². The van der Waals surface area contributed by atoms with Crippen molar-refractivity contribution in [3.63, 3.8) is 0 Å². The van der Waals surface area contributed by atoms with E-state index < -0.39 is 23.8 Å². The van der Waals surface area contributed by atoms with Crippen molar-refractivity contribution in [3.05, 3.63) is 29.3 Å². The predicted octanol–water partition coefficient (Wildman–Crippen LogP) is 2.08. The van der Waals surface area contributed by atoms with Gasteiger partial charge in [-0.15, -0.1) is 0 Å². The number of carbonyl (C=O) groups is 4. The molecule has 0 saturated carbocycles. The summed E-state index contributed by atoms with van der Waals surface area (Å²) in [6.45, 7) is 2.96. The number of benzene rings is 1. The molecule has 3 rings (SSSR count). The minimum absolute atomic E-state index is 0.119.